The first-order valence-electron chi connectivity index (χ1n) is 9.78. The molecule has 1 N–H and O–H groups in total. The Labute approximate surface area is 172 Å². The molecule has 1 fully saturated rings. The van der Waals surface area contributed by atoms with Crippen LogP contribution in [0.5, 0.6) is 0 Å². The predicted octanol–water partition coefficient (Wildman–Crippen LogP) is 3.85. The third-order valence-corrected chi connectivity index (χ3v) is 6.70. The average molecular weight is 414 g/mol. The standard InChI is InChI=1S/C22H27N3O3S/c1-16-8-10-21(11-9-16)29(27,28)25(20-13-17(2)12-18(3)14-20)15-22(26)24-23-19-6-4-5-7-19/h8-14H,4-7,15H2,1-3H3,(H,24,26). The number of benzene rings is 2. The Morgan fingerprint density at radius 2 is 1.55 bits per heavy atom. The molecule has 29 heavy (non-hydrogen) atoms. The summed E-state index contributed by atoms with van der Waals surface area (Å²) in [5.74, 6) is -0.459. The quantitative estimate of drug-likeness (QED) is 0.731. The molecule has 3 rings (SSSR count). The van der Waals surface area contributed by atoms with Gasteiger partial charge < -0.3 is 0 Å². The summed E-state index contributed by atoms with van der Waals surface area (Å²) in [5.41, 5.74) is 6.77. The Kier molecular flexibility index (Phi) is 6.37. The number of nitrogens with one attached hydrogen (secondary N) is 1. The van der Waals surface area contributed by atoms with Crippen molar-refractivity contribution >= 4 is 27.3 Å². The largest absolute Gasteiger partial charge is 0.271 e. The number of sulfonamides is 1. The van der Waals surface area contributed by atoms with E-state index in [2.05, 4.69) is 10.5 Å². The highest BCUT2D eigenvalue weighted by Crippen LogP contribution is 2.26. The Balaban J connectivity index is 1.93. The van der Waals surface area contributed by atoms with Crippen LogP contribution in [0, 0.1) is 20.8 Å². The molecule has 0 saturated heterocycles. The molecule has 0 atom stereocenters. The van der Waals surface area contributed by atoms with Crippen LogP contribution in [-0.4, -0.2) is 26.6 Å². The zero-order valence-corrected chi connectivity index (χ0v) is 17.9. The molecule has 6 nitrogen and oxygen atoms in total. The van der Waals surface area contributed by atoms with Gasteiger partial charge in [0.1, 0.15) is 6.54 Å². The molecular formula is C22H27N3O3S. The molecule has 0 unspecified atom stereocenters. The smallest absolute Gasteiger partial charge is 0.264 e. The first-order chi connectivity index (χ1) is 13.8. The summed E-state index contributed by atoms with van der Waals surface area (Å²) in [6.45, 7) is 5.36. The molecule has 0 aliphatic heterocycles. The summed E-state index contributed by atoms with van der Waals surface area (Å²) in [4.78, 5) is 12.7. The van der Waals surface area contributed by atoms with Gasteiger partial charge in [-0.25, -0.2) is 13.8 Å². The number of carbonyl (C=O) groups is 1. The molecule has 0 radical (unpaired) electrons. The van der Waals surface area contributed by atoms with Gasteiger partial charge in [-0.05, 0) is 81.8 Å². The summed E-state index contributed by atoms with van der Waals surface area (Å²) in [6, 6.07) is 12.1. The Morgan fingerprint density at radius 1 is 0.966 bits per heavy atom. The average Bonchev–Trinajstić information content (AvgIpc) is 3.17. The molecule has 1 aliphatic rings. The second kappa shape index (κ2) is 8.78. The second-order valence-electron chi connectivity index (χ2n) is 7.59. The number of carbonyl (C=O) groups excluding carboxylic acids is 1. The van der Waals surface area contributed by atoms with E-state index in [1.807, 2.05) is 26.8 Å². The first kappa shape index (κ1) is 21.0. The van der Waals surface area contributed by atoms with Crippen LogP contribution in [-0.2, 0) is 14.8 Å². The van der Waals surface area contributed by atoms with Crippen molar-refractivity contribution in [3.8, 4) is 0 Å². The van der Waals surface area contributed by atoms with Crippen molar-refractivity contribution in [2.45, 2.75) is 51.3 Å². The highest BCUT2D eigenvalue weighted by molar-refractivity contribution is 7.92. The molecular weight excluding hydrogens is 386 g/mol. The van der Waals surface area contributed by atoms with Gasteiger partial charge in [0.05, 0.1) is 10.6 Å². The van der Waals surface area contributed by atoms with Crippen LogP contribution >= 0.6 is 0 Å². The molecule has 2 aromatic rings. The van der Waals surface area contributed by atoms with E-state index in [0.29, 0.717) is 5.69 Å². The lowest BCUT2D eigenvalue weighted by Crippen LogP contribution is -2.39. The van der Waals surface area contributed by atoms with Gasteiger partial charge >= 0.3 is 0 Å². The highest BCUT2D eigenvalue weighted by Gasteiger charge is 2.27. The summed E-state index contributed by atoms with van der Waals surface area (Å²) in [5, 5.41) is 4.17. The topological polar surface area (TPSA) is 78.8 Å². The summed E-state index contributed by atoms with van der Waals surface area (Å²) >= 11 is 0. The van der Waals surface area contributed by atoms with E-state index in [0.717, 1.165) is 52.4 Å². The van der Waals surface area contributed by atoms with Gasteiger partial charge in [0, 0.05) is 5.71 Å². The Hall–Kier alpha value is -2.67. The van der Waals surface area contributed by atoms with E-state index in [4.69, 9.17) is 0 Å². The van der Waals surface area contributed by atoms with Gasteiger partial charge in [-0.2, -0.15) is 5.10 Å². The van der Waals surface area contributed by atoms with E-state index >= 15 is 0 Å². The van der Waals surface area contributed by atoms with Crippen molar-refractivity contribution in [2.24, 2.45) is 5.10 Å². The molecule has 1 amide bonds. The lowest BCUT2D eigenvalue weighted by Gasteiger charge is -2.24. The summed E-state index contributed by atoms with van der Waals surface area (Å²) < 4.78 is 27.9. The number of amides is 1. The number of anilines is 1. The minimum atomic E-state index is -3.91. The monoisotopic (exact) mass is 413 g/mol. The second-order valence-corrected chi connectivity index (χ2v) is 9.45. The van der Waals surface area contributed by atoms with Crippen molar-refractivity contribution in [3.63, 3.8) is 0 Å². The normalized spacial score (nSPS) is 14.0. The van der Waals surface area contributed by atoms with E-state index in [1.54, 1.807) is 36.4 Å². The van der Waals surface area contributed by atoms with Gasteiger partial charge in [-0.3, -0.25) is 9.10 Å². The molecule has 2 aromatic carbocycles. The molecule has 154 valence electrons. The van der Waals surface area contributed by atoms with Crippen molar-refractivity contribution in [3.05, 3.63) is 59.2 Å². The third kappa shape index (κ3) is 5.23. The maximum absolute atomic E-state index is 13.4. The number of hydrazone groups is 1. The third-order valence-electron chi connectivity index (χ3n) is 4.91. The van der Waals surface area contributed by atoms with Crippen LogP contribution in [0.25, 0.3) is 0 Å². The van der Waals surface area contributed by atoms with Crippen molar-refractivity contribution in [1.29, 1.82) is 0 Å². The maximum atomic E-state index is 13.4. The summed E-state index contributed by atoms with van der Waals surface area (Å²) in [7, 11) is -3.91. The number of hydrogen-bond donors (Lipinski definition) is 1. The van der Waals surface area contributed by atoms with Gasteiger partial charge in [0.25, 0.3) is 15.9 Å². The molecule has 0 spiro atoms. The number of aryl methyl sites for hydroxylation is 3. The fraction of sp³-hybridized carbons (Fsp3) is 0.364. The zero-order chi connectivity index (χ0) is 21.0. The number of nitrogens with zero attached hydrogens (tertiary/aromatic N) is 2. The van der Waals surface area contributed by atoms with Crippen LogP contribution in [0.2, 0.25) is 0 Å². The molecule has 1 saturated carbocycles. The molecule has 1 aliphatic carbocycles. The van der Waals surface area contributed by atoms with Gasteiger partial charge in [-0.15, -0.1) is 0 Å². The zero-order valence-electron chi connectivity index (χ0n) is 17.1. The number of hydrogen-bond acceptors (Lipinski definition) is 4. The van der Waals surface area contributed by atoms with Crippen molar-refractivity contribution in [2.75, 3.05) is 10.8 Å². The predicted molar refractivity (Wildman–Crippen MR) is 116 cm³/mol. The van der Waals surface area contributed by atoms with Crippen LogP contribution in [0.3, 0.4) is 0 Å². The molecule has 7 heteroatoms. The minimum Gasteiger partial charge on any atom is -0.271 e. The molecule has 0 bridgehead atoms. The number of rotatable bonds is 6. The van der Waals surface area contributed by atoms with Crippen LogP contribution in [0.15, 0.2) is 52.5 Å². The van der Waals surface area contributed by atoms with Crippen LogP contribution in [0.4, 0.5) is 5.69 Å². The van der Waals surface area contributed by atoms with Gasteiger partial charge in [0.2, 0.25) is 0 Å². The summed E-state index contributed by atoms with van der Waals surface area (Å²) in [6.07, 6.45) is 3.90. The van der Waals surface area contributed by atoms with E-state index < -0.39 is 15.9 Å². The maximum Gasteiger partial charge on any atom is 0.264 e. The van der Waals surface area contributed by atoms with Crippen LogP contribution in [0.1, 0.15) is 42.4 Å². The Morgan fingerprint density at radius 3 is 2.14 bits per heavy atom. The lowest BCUT2D eigenvalue weighted by atomic mass is 10.1. The highest BCUT2D eigenvalue weighted by atomic mass is 32.2. The lowest BCUT2D eigenvalue weighted by molar-refractivity contribution is -0.119. The molecule has 0 aromatic heterocycles. The SMILES string of the molecule is Cc1ccc(S(=O)(=O)N(CC(=O)NN=C2CCCC2)c2cc(C)cc(C)c2)cc1. The first-order valence-corrected chi connectivity index (χ1v) is 11.2. The van der Waals surface area contributed by atoms with Crippen LogP contribution < -0.4 is 9.73 Å². The van der Waals surface area contributed by atoms with E-state index in [9.17, 15) is 13.2 Å². The minimum absolute atomic E-state index is 0.150. The van der Waals surface area contributed by atoms with Crippen molar-refractivity contribution < 1.29 is 13.2 Å². The van der Waals surface area contributed by atoms with E-state index in [-0.39, 0.29) is 11.4 Å². The Bertz CT molecular complexity index is 1000. The van der Waals surface area contributed by atoms with Gasteiger partial charge in [0.15, 0.2) is 0 Å². The fourth-order valence-corrected chi connectivity index (χ4v) is 4.85. The fourth-order valence-electron chi connectivity index (χ4n) is 3.45. The van der Waals surface area contributed by atoms with Gasteiger partial charge in [-0.1, -0.05) is 23.8 Å². The molecule has 0 heterocycles. The van der Waals surface area contributed by atoms with Crippen molar-refractivity contribution in [1.82, 2.24) is 5.43 Å². The van der Waals surface area contributed by atoms with E-state index in [1.165, 1.54) is 0 Å².